The third kappa shape index (κ3) is 7.54. The predicted octanol–water partition coefficient (Wildman–Crippen LogP) is 2.16. The van der Waals surface area contributed by atoms with Gasteiger partial charge in [0.1, 0.15) is 0 Å². The Morgan fingerprint density at radius 3 is 2.78 bits per heavy atom. The molecule has 18 heavy (non-hydrogen) atoms. The number of hydrogen-bond donors (Lipinski definition) is 2. The van der Waals surface area contributed by atoms with Gasteiger partial charge in [-0.05, 0) is 45.4 Å². The summed E-state index contributed by atoms with van der Waals surface area (Å²) >= 11 is 0. The quantitative estimate of drug-likeness (QED) is 0.377. The Kier molecular flexibility index (Phi) is 7.81. The minimum atomic E-state index is 0.467. The summed E-state index contributed by atoms with van der Waals surface area (Å²) in [7, 11) is 0. The van der Waals surface area contributed by atoms with Crippen LogP contribution in [0.25, 0.3) is 0 Å². The zero-order valence-corrected chi connectivity index (χ0v) is 12.2. The minimum Gasteiger partial charge on any atom is -0.381 e. The molecule has 0 amide bonds. The molecular formula is C14H29N3O. The zero-order valence-electron chi connectivity index (χ0n) is 12.2. The lowest BCUT2D eigenvalue weighted by molar-refractivity contribution is 0.123. The van der Waals surface area contributed by atoms with Crippen molar-refractivity contribution in [3.63, 3.8) is 0 Å². The lowest BCUT2D eigenvalue weighted by atomic mass is 10.3. The number of nitrogens with one attached hydrogen (secondary N) is 2. The van der Waals surface area contributed by atoms with Crippen LogP contribution in [0.2, 0.25) is 0 Å². The molecule has 1 aliphatic carbocycles. The van der Waals surface area contributed by atoms with Crippen molar-refractivity contribution >= 4 is 5.96 Å². The van der Waals surface area contributed by atoms with Crippen molar-refractivity contribution in [2.45, 2.75) is 52.5 Å². The average molecular weight is 255 g/mol. The van der Waals surface area contributed by atoms with Crippen LogP contribution in [0, 0.1) is 5.92 Å². The van der Waals surface area contributed by atoms with Gasteiger partial charge in [-0.2, -0.15) is 0 Å². The van der Waals surface area contributed by atoms with Gasteiger partial charge in [0.15, 0.2) is 5.96 Å². The Balaban J connectivity index is 2.08. The second-order valence-electron chi connectivity index (χ2n) is 5.09. The molecular weight excluding hydrogens is 226 g/mol. The van der Waals surface area contributed by atoms with Crippen molar-refractivity contribution in [2.24, 2.45) is 10.9 Å². The fourth-order valence-electron chi connectivity index (χ4n) is 1.55. The fourth-order valence-corrected chi connectivity index (χ4v) is 1.55. The number of ether oxygens (including phenoxy) is 1. The molecule has 4 nitrogen and oxygen atoms in total. The molecule has 106 valence electrons. The summed E-state index contributed by atoms with van der Waals surface area (Å²) in [4.78, 5) is 4.55. The fraction of sp³-hybridized carbons (Fsp3) is 0.929. The third-order valence-electron chi connectivity index (χ3n) is 3.11. The highest BCUT2D eigenvalue weighted by molar-refractivity contribution is 5.79. The molecule has 0 aromatic carbocycles. The van der Waals surface area contributed by atoms with Crippen LogP contribution in [0.15, 0.2) is 4.99 Å². The normalized spacial score (nSPS) is 17.6. The topological polar surface area (TPSA) is 45.7 Å². The smallest absolute Gasteiger partial charge is 0.191 e. The van der Waals surface area contributed by atoms with Gasteiger partial charge in [-0.25, -0.2) is 0 Å². The molecule has 0 aliphatic heterocycles. The maximum atomic E-state index is 5.59. The van der Waals surface area contributed by atoms with Crippen LogP contribution in [-0.2, 0) is 4.74 Å². The lowest BCUT2D eigenvalue weighted by Gasteiger charge is -2.16. The van der Waals surface area contributed by atoms with Crippen LogP contribution in [0.5, 0.6) is 0 Å². The molecule has 0 aromatic heterocycles. The molecule has 1 unspecified atom stereocenters. The molecule has 1 saturated carbocycles. The van der Waals surface area contributed by atoms with E-state index in [1.807, 2.05) is 0 Å². The van der Waals surface area contributed by atoms with E-state index in [2.05, 4.69) is 36.4 Å². The minimum absolute atomic E-state index is 0.467. The number of nitrogens with zero attached hydrogens (tertiary/aromatic N) is 1. The molecule has 0 bridgehead atoms. The SMILES string of the molecule is CCNC(=NCCCOCC1CC1)NC(C)CC. The molecule has 1 rings (SSSR count). The van der Waals surface area contributed by atoms with Crippen LogP contribution < -0.4 is 10.6 Å². The van der Waals surface area contributed by atoms with E-state index in [1.54, 1.807) is 0 Å². The summed E-state index contributed by atoms with van der Waals surface area (Å²) in [5, 5.41) is 6.65. The van der Waals surface area contributed by atoms with Gasteiger partial charge in [0.2, 0.25) is 0 Å². The Morgan fingerprint density at radius 2 is 2.17 bits per heavy atom. The number of rotatable bonds is 9. The lowest BCUT2D eigenvalue weighted by Crippen LogP contribution is -2.42. The molecule has 2 N–H and O–H groups in total. The van der Waals surface area contributed by atoms with Gasteiger partial charge in [-0.1, -0.05) is 6.92 Å². The first-order chi connectivity index (χ1) is 8.76. The van der Waals surface area contributed by atoms with E-state index < -0.39 is 0 Å². The Hall–Kier alpha value is -0.770. The molecule has 0 heterocycles. The van der Waals surface area contributed by atoms with Crippen LogP contribution in [0.4, 0.5) is 0 Å². The molecule has 4 heteroatoms. The van der Waals surface area contributed by atoms with Gasteiger partial charge in [0.25, 0.3) is 0 Å². The van der Waals surface area contributed by atoms with Gasteiger partial charge in [0, 0.05) is 32.3 Å². The monoisotopic (exact) mass is 255 g/mol. The third-order valence-corrected chi connectivity index (χ3v) is 3.11. The summed E-state index contributed by atoms with van der Waals surface area (Å²) in [5.41, 5.74) is 0. The Morgan fingerprint density at radius 1 is 1.39 bits per heavy atom. The van der Waals surface area contributed by atoms with Gasteiger partial charge in [-0.15, -0.1) is 0 Å². The largest absolute Gasteiger partial charge is 0.381 e. The van der Waals surface area contributed by atoms with Gasteiger partial charge < -0.3 is 15.4 Å². The molecule has 1 aliphatic rings. The van der Waals surface area contributed by atoms with E-state index >= 15 is 0 Å². The van der Waals surface area contributed by atoms with E-state index in [-0.39, 0.29) is 0 Å². The van der Waals surface area contributed by atoms with Gasteiger partial charge >= 0.3 is 0 Å². The number of aliphatic imine (C=N–C) groups is 1. The second kappa shape index (κ2) is 9.20. The van der Waals surface area contributed by atoms with Crippen molar-refractivity contribution < 1.29 is 4.74 Å². The molecule has 0 radical (unpaired) electrons. The van der Waals surface area contributed by atoms with E-state index in [9.17, 15) is 0 Å². The summed E-state index contributed by atoms with van der Waals surface area (Å²) < 4.78 is 5.59. The first-order valence-electron chi connectivity index (χ1n) is 7.38. The highest BCUT2D eigenvalue weighted by Gasteiger charge is 2.20. The molecule has 0 saturated heterocycles. The van der Waals surface area contributed by atoms with E-state index in [1.165, 1.54) is 12.8 Å². The average Bonchev–Trinajstić information content (AvgIpc) is 3.17. The first-order valence-corrected chi connectivity index (χ1v) is 7.38. The van der Waals surface area contributed by atoms with Crippen molar-refractivity contribution in [1.82, 2.24) is 10.6 Å². The predicted molar refractivity (Wildman–Crippen MR) is 77.0 cm³/mol. The summed E-state index contributed by atoms with van der Waals surface area (Å²) in [6, 6.07) is 0.467. The van der Waals surface area contributed by atoms with E-state index in [0.29, 0.717) is 6.04 Å². The van der Waals surface area contributed by atoms with Crippen molar-refractivity contribution in [3.8, 4) is 0 Å². The van der Waals surface area contributed by atoms with Crippen molar-refractivity contribution in [1.29, 1.82) is 0 Å². The first kappa shape index (κ1) is 15.3. The highest BCUT2D eigenvalue weighted by Crippen LogP contribution is 2.28. The maximum Gasteiger partial charge on any atom is 0.191 e. The maximum absolute atomic E-state index is 5.59. The molecule has 1 fully saturated rings. The van der Waals surface area contributed by atoms with Crippen LogP contribution in [0.3, 0.4) is 0 Å². The number of hydrogen-bond acceptors (Lipinski definition) is 2. The molecule has 0 spiro atoms. The summed E-state index contributed by atoms with van der Waals surface area (Å²) in [6.45, 7) is 9.96. The van der Waals surface area contributed by atoms with Crippen molar-refractivity contribution in [3.05, 3.63) is 0 Å². The van der Waals surface area contributed by atoms with Gasteiger partial charge in [-0.3, -0.25) is 4.99 Å². The molecule has 1 atom stereocenters. The van der Waals surface area contributed by atoms with Crippen LogP contribution >= 0.6 is 0 Å². The van der Waals surface area contributed by atoms with E-state index in [0.717, 1.165) is 51.0 Å². The van der Waals surface area contributed by atoms with Crippen molar-refractivity contribution in [2.75, 3.05) is 26.3 Å². The van der Waals surface area contributed by atoms with Crippen LogP contribution in [-0.4, -0.2) is 38.3 Å². The summed E-state index contributed by atoms with van der Waals surface area (Å²) in [5.74, 6) is 1.78. The Labute approximate surface area is 112 Å². The standard InChI is InChI=1S/C14H29N3O/c1-4-12(3)17-14(15-5-2)16-9-6-10-18-11-13-7-8-13/h12-13H,4-11H2,1-3H3,(H2,15,16,17). The number of guanidine groups is 1. The highest BCUT2D eigenvalue weighted by atomic mass is 16.5. The Bertz CT molecular complexity index is 239. The van der Waals surface area contributed by atoms with Crippen LogP contribution in [0.1, 0.15) is 46.5 Å². The second-order valence-corrected chi connectivity index (χ2v) is 5.09. The molecule has 0 aromatic rings. The zero-order chi connectivity index (χ0) is 13.2. The van der Waals surface area contributed by atoms with Gasteiger partial charge in [0.05, 0.1) is 0 Å². The summed E-state index contributed by atoms with van der Waals surface area (Å²) in [6.07, 6.45) is 4.84. The van der Waals surface area contributed by atoms with E-state index in [4.69, 9.17) is 4.74 Å².